The Balaban J connectivity index is 1.15. The van der Waals surface area contributed by atoms with Crippen LogP contribution in [-0.2, 0) is 32.0 Å². The highest BCUT2D eigenvalue weighted by Crippen LogP contribution is 2.29. The standard InChI is InChI=1S/C36H39FN6O6/c1-47-36(46)43-33(32(25-8-4-2-5-9-25)26-10-6-3-7-11-26)34(44)42-31-20-38-23-41-30(31)17-16-29-19-39-28(21-48-29)22-49-35(45)40-18-24-12-14-27(37)15-13-24/h2-15,20,23,28-29,32-33,39H,16-19,21-22H2,1H3,(H,40,45)(H,42,44)(H,43,46)/t28-,29+,33-/m0/s1. The van der Waals surface area contributed by atoms with Crippen molar-refractivity contribution in [1.82, 2.24) is 25.9 Å². The third-order valence-corrected chi connectivity index (χ3v) is 8.08. The maximum absolute atomic E-state index is 14.0. The van der Waals surface area contributed by atoms with Crippen molar-refractivity contribution in [2.75, 3.05) is 32.2 Å². The lowest BCUT2D eigenvalue weighted by atomic mass is 9.84. The van der Waals surface area contributed by atoms with Crippen LogP contribution in [0.15, 0.2) is 97.5 Å². The van der Waals surface area contributed by atoms with E-state index in [1.54, 1.807) is 12.1 Å². The molecule has 3 aromatic carbocycles. The van der Waals surface area contributed by atoms with Crippen molar-refractivity contribution in [2.45, 2.75) is 43.5 Å². The molecule has 0 saturated carbocycles. The third kappa shape index (κ3) is 10.3. The first kappa shape index (κ1) is 34.9. The second kappa shape index (κ2) is 17.7. The molecule has 1 aliphatic heterocycles. The zero-order valence-corrected chi connectivity index (χ0v) is 27.0. The van der Waals surface area contributed by atoms with Gasteiger partial charge in [-0.05, 0) is 41.7 Å². The first-order valence-corrected chi connectivity index (χ1v) is 15.9. The summed E-state index contributed by atoms with van der Waals surface area (Å²) in [5.74, 6) is -1.32. The van der Waals surface area contributed by atoms with Gasteiger partial charge in [-0.15, -0.1) is 0 Å². The number of benzene rings is 3. The van der Waals surface area contributed by atoms with Crippen LogP contribution in [0.3, 0.4) is 0 Å². The lowest BCUT2D eigenvalue weighted by Crippen LogP contribution is -2.49. The summed E-state index contributed by atoms with van der Waals surface area (Å²) in [5.41, 5.74) is 3.47. The van der Waals surface area contributed by atoms with Crippen LogP contribution in [0.1, 0.15) is 34.7 Å². The van der Waals surface area contributed by atoms with Gasteiger partial charge in [-0.25, -0.2) is 23.9 Å². The van der Waals surface area contributed by atoms with Crippen LogP contribution < -0.4 is 21.3 Å². The molecule has 13 heteroatoms. The summed E-state index contributed by atoms with van der Waals surface area (Å²) in [6.07, 6.45) is 2.57. The predicted octanol–water partition coefficient (Wildman–Crippen LogP) is 4.33. The molecule has 1 aliphatic rings. The highest BCUT2D eigenvalue weighted by molar-refractivity contribution is 5.98. The largest absolute Gasteiger partial charge is 0.453 e. The van der Waals surface area contributed by atoms with E-state index < -0.39 is 30.1 Å². The summed E-state index contributed by atoms with van der Waals surface area (Å²) in [6.45, 7) is 1.21. The Morgan fingerprint density at radius 2 is 1.67 bits per heavy atom. The third-order valence-electron chi connectivity index (χ3n) is 8.08. The van der Waals surface area contributed by atoms with Gasteiger partial charge in [0.2, 0.25) is 5.91 Å². The number of hydrogen-bond donors (Lipinski definition) is 4. The molecule has 49 heavy (non-hydrogen) atoms. The number of morpholine rings is 1. The van der Waals surface area contributed by atoms with Gasteiger partial charge < -0.3 is 35.5 Å². The number of carbonyl (C=O) groups excluding carboxylic acids is 3. The number of nitrogens with one attached hydrogen (secondary N) is 4. The molecule has 4 aromatic rings. The average molecular weight is 671 g/mol. The van der Waals surface area contributed by atoms with E-state index in [-0.39, 0.29) is 31.1 Å². The maximum Gasteiger partial charge on any atom is 0.407 e. The SMILES string of the molecule is COC(=O)N[C@H](C(=O)Nc1cncnc1CC[C@@H]1CN[C@H](COC(=O)NCc2ccc(F)cc2)CO1)C(c1ccccc1)c1ccccc1. The first-order chi connectivity index (χ1) is 23.9. The van der Waals surface area contributed by atoms with Crippen LogP contribution in [0.4, 0.5) is 19.7 Å². The normalized spacial score (nSPS) is 16.3. The van der Waals surface area contributed by atoms with Gasteiger partial charge in [0.25, 0.3) is 0 Å². The maximum atomic E-state index is 14.0. The number of amides is 3. The predicted molar refractivity (Wildman–Crippen MR) is 179 cm³/mol. The number of methoxy groups -OCH3 is 1. The molecule has 0 bridgehead atoms. The van der Waals surface area contributed by atoms with Crippen LogP contribution in [0.2, 0.25) is 0 Å². The van der Waals surface area contributed by atoms with Crippen LogP contribution in [0.25, 0.3) is 0 Å². The van der Waals surface area contributed by atoms with Crippen LogP contribution >= 0.6 is 0 Å². The molecular weight excluding hydrogens is 631 g/mol. The van der Waals surface area contributed by atoms with E-state index in [1.165, 1.54) is 31.8 Å². The number of hydrogen-bond acceptors (Lipinski definition) is 9. The van der Waals surface area contributed by atoms with Crippen molar-refractivity contribution >= 4 is 23.8 Å². The van der Waals surface area contributed by atoms with Gasteiger partial charge in [-0.1, -0.05) is 72.8 Å². The van der Waals surface area contributed by atoms with Gasteiger partial charge in [-0.3, -0.25) is 4.79 Å². The molecule has 0 radical (unpaired) electrons. The minimum absolute atomic E-state index is 0.123. The number of anilines is 1. The fraction of sp³-hybridized carbons (Fsp3) is 0.306. The van der Waals surface area contributed by atoms with Gasteiger partial charge in [0, 0.05) is 19.0 Å². The summed E-state index contributed by atoms with van der Waals surface area (Å²) in [7, 11) is 1.25. The highest BCUT2D eigenvalue weighted by atomic mass is 19.1. The van der Waals surface area contributed by atoms with Gasteiger partial charge >= 0.3 is 12.2 Å². The second-order valence-electron chi connectivity index (χ2n) is 11.5. The number of alkyl carbamates (subject to hydrolysis) is 2. The summed E-state index contributed by atoms with van der Waals surface area (Å²) in [6, 6.07) is 23.6. The Kier molecular flexibility index (Phi) is 12.6. The van der Waals surface area contributed by atoms with Crippen LogP contribution in [0.5, 0.6) is 0 Å². The molecule has 5 rings (SSSR count). The zero-order valence-electron chi connectivity index (χ0n) is 27.0. The van der Waals surface area contributed by atoms with Crippen molar-refractivity contribution in [1.29, 1.82) is 0 Å². The van der Waals surface area contributed by atoms with Gasteiger partial charge in [0.05, 0.1) is 43.4 Å². The first-order valence-electron chi connectivity index (χ1n) is 15.9. The molecule has 12 nitrogen and oxygen atoms in total. The zero-order chi connectivity index (χ0) is 34.4. The van der Waals surface area contributed by atoms with Crippen LogP contribution in [0, 0.1) is 5.82 Å². The summed E-state index contributed by atoms with van der Waals surface area (Å²) >= 11 is 0. The molecular formula is C36H39FN6O6. The van der Waals surface area contributed by atoms with Gasteiger partial charge in [0.15, 0.2) is 0 Å². The smallest absolute Gasteiger partial charge is 0.407 e. The fourth-order valence-electron chi connectivity index (χ4n) is 5.52. The number of carbonyl (C=O) groups is 3. The van der Waals surface area contributed by atoms with E-state index in [4.69, 9.17) is 14.2 Å². The number of rotatable bonds is 13. The molecule has 3 atom stereocenters. The molecule has 256 valence electrons. The minimum Gasteiger partial charge on any atom is -0.453 e. The van der Waals surface area contributed by atoms with Crippen molar-refractivity contribution in [3.05, 3.63) is 126 Å². The molecule has 1 aromatic heterocycles. The minimum atomic E-state index is -1.03. The van der Waals surface area contributed by atoms with Gasteiger partial charge in [-0.2, -0.15) is 0 Å². The van der Waals surface area contributed by atoms with E-state index >= 15 is 0 Å². The fourth-order valence-corrected chi connectivity index (χ4v) is 5.52. The molecule has 0 aliphatic carbocycles. The van der Waals surface area contributed by atoms with E-state index in [9.17, 15) is 18.8 Å². The lowest BCUT2D eigenvalue weighted by molar-refractivity contribution is -0.118. The monoisotopic (exact) mass is 670 g/mol. The Bertz CT molecular complexity index is 1620. The molecule has 0 spiro atoms. The Hall–Kier alpha value is -5.40. The molecule has 1 fully saturated rings. The molecule has 4 N–H and O–H groups in total. The molecule has 0 unspecified atom stereocenters. The summed E-state index contributed by atoms with van der Waals surface area (Å²) in [5, 5.41) is 11.7. The van der Waals surface area contributed by atoms with Gasteiger partial charge in [0.1, 0.15) is 24.8 Å². The van der Waals surface area contributed by atoms with Crippen molar-refractivity contribution in [3.8, 4) is 0 Å². The van der Waals surface area contributed by atoms with Crippen molar-refractivity contribution < 1.29 is 33.0 Å². The van der Waals surface area contributed by atoms with E-state index in [2.05, 4.69) is 31.2 Å². The van der Waals surface area contributed by atoms with Crippen LogP contribution in [-0.4, -0.2) is 73.1 Å². The van der Waals surface area contributed by atoms with Crippen molar-refractivity contribution in [3.63, 3.8) is 0 Å². The Morgan fingerprint density at radius 3 is 2.31 bits per heavy atom. The topological polar surface area (TPSA) is 153 Å². The lowest BCUT2D eigenvalue weighted by Gasteiger charge is -2.30. The molecule has 3 amide bonds. The average Bonchev–Trinajstić information content (AvgIpc) is 3.14. The number of aryl methyl sites for hydroxylation is 1. The van der Waals surface area contributed by atoms with E-state index in [1.807, 2.05) is 60.7 Å². The Morgan fingerprint density at radius 1 is 0.980 bits per heavy atom. The van der Waals surface area contributed by atoms with Crippen molar-refractivity contribution in [2.24, 2.45) is 0 Å². The number of nitrogens with zero attached hydrogens (tertiary/aromatic N) is 2. The summed E-state index contributed by atoms with van der Waals surface area (Å²) < 4.78 is 29.3. The number of aromatic nitrogens is 2. The quantitative estimate of drug-likeness (QED) is 0.163. The Labute approximate surface area is 283 Å². The van der Waals surface area contributed by atoms with E-state index in [0.29, 0.717) is 37.4 Å². The number of ether oxygens (including phenoxy) is 3. The summed E-state index contributed by atoms with van der Waals surface area (Å²) in [4.78, 5) is 47.1. The molecule has 1 saturated heterocycles. The highest BCUT2D eigenvalue weighted by Gasteiger charge is 2.33. The second-order valence-corrected chi connectivity index (χ2v) is 11.5. The molecule has 2 heterocycles. The number of halogens is 1. The van der Waals surface area contributed by atoms with E-state index in [0.717, 1.165) is 16.7 Å².